The lowest BCUT2D eigenvalue weighted by atomic mass is 9.96. The van der Waals surface area contributed by atoms with E-state index < -0.39 is 11.7 Å². The molecule has 5 rings (SSSR count). The minimum atomic E-state index is -0.603. The van der Waals surface area contributed by atoms with Gasteiger partial charge < -0.3 is 14.5 Å². The summed E-state index contributed by atoms with van der Waals surface area (Å²) in [5.74, 6) is -0.503. The van der Waals surface area contributed by atoms with Crippen molar-refractivity contribution in [2.75, 3.05) is 12.4 Å². The van der Waals surface area contributed by atoms with Gasteiger partial charge in [-0.3, -0.25) is 4.79 Å². The third kappa shape index (κ3) is 4.38. The van der Waals surface area contributed by atoms with E-state index in [0.29, 0.717) is 16.9 Å². The summed E-state index contributed by atoms with van der Waals surface area (Å²) < 4.78 is 25.6. The Morgan fingerprint density at radius 1 is 1.00 bits per heavy atom. The summed E-state index contributed by atoms with van der Waals surface area (Å²) in [5.41, 5.74) is 4.11. The summed E-state index contributed by atoms with van der Waals surface area (Å²) in [6.07, 6.45) is 3.15. The number of furan rings is 1. The fourth-order valence-electron chi connectivity index (χ4n) is 4.23. The van der Waals surface area contributed by atoms with Crippen molar-refractivity contribution in [3.63, 3.8) is 0 Å². The van der Waals surface area contributed by atoms with Crippen LogP contribution < -0.4 is 10.1 Å². The molecule has 0 aliphatic heterocycles. The van der Waals surface area contributed by atoms with E-state index in [1.54, 1.807) is 20.3 Å². The quantitative estimate of drug-likeness (QED) is 0.256. The van der Waals surface area contributed by atoms with Crippen LogP contribution in [0.3, 0.4) is 0 Å². The number of hydrogen-bond acceptors (Lipinski definition) is 3. The maximum Gasteiger partial charge on any atom is 0.248 e. The molecule has 4 nitrogen and oxygen atoms in total. The largest absolute Gasteiger partial charge is 0.496 e. The van der Waals surface area contributed by atoms with Crippen LogP contribution in [-0.2, 0) is 4.79 Å². The summed E-state index contributed by atoms with van der Waals surface area (Å²) in [4.78, 5) is 12.6. The van der Waals surface area contributed by atoms with Crippen molar-refractivity contribution in [2.45, 2.75) is 6.92 Å². The molecule has 0 bridgehead atoms. The molecule has 6 heteroatoms. The summed E-state index contributed by atoms with van der Waals surface area (Å²) in [6.45, 7) is 1.80. The van der Waals surface area contributed by atoms with Gasteiger partial charge in [0, 0.05) is 33.7 Å². The number of fused-ring (bicyclic) bond motifs is 2. The Morgan fingerprint density at radius 2 is 1.80 bits per heavy atom. The van der Waals surface area contributed by atoms with E-state index >= 15 is 0 Å². The van der Waals surface area contributed by atoms with Crippen LogP contribution in [0.4, 0.5) is 10.1 Å². The monoisotopic (exact) mass is 485 g/mol. The van der Waals surface area contributed by atoms with Gasteiger partial charge in [0.05, 0.1) is 19.1 Å². The topological polar surface area (TPSA) is 51.5 Å². The highest BCUT2D eigenvalue weighted by Gasteiger charge is 2.16. The van der Waals surface area contributed by atoms with Gasteiger partial charge in [-0.15, -0.1) is 0 Å². The fraction of sp³-hybridized carbons (Fsp3) is 0.0690. The van der Waals surface area contributed by atoms with Gasteiger partial charge in [-0.1, -0.05) is 54.1 Å². The molecule has 0 spiro atoms. The van der Waals surface area contributed by atoms with Crippen molar-refractivity contribution in [1.82, 2.24) is 0 Å². The highest BCUT2D eigenvalue weighted by atomic mass is 35.5. The predicted octanol–water partition coefficient (Wildman–Crippen LogP) is 8.10. The standard InChI is InChI=1S/C29H21ClFNO3/c1-17(12-29(33)32-26-11-10-19(30)13-25(26)31)22-14-23-24(16-35-28(23)15-27(22)34-2)21-9-5-7-18-6-3-4-8-20(18)21/h3-16H,1-2H3,(H,32,33)/b17-12+. The summed E-state index contributed by atoms with van der Waals surface area (Å²) in [7, 11) is 1.57. The molecule has 1 amide bonds. The van der Waals surface area contributed by atoms with Crippen LogP contribution in [0.5, 0.6) is 5.75 Å². The SMILES string of the molecule is COc1cc2occ(-c3cccc4ccccc34)c2cc1/C(C)=C/C(=O)Nc1ccc(Cl)cc1F. The summed E-state index contributed by atoms with van der Waals surface area (Å²) in [5, 5.41) is 5.96. The Labute approximate surface area is 206 Å². The zero-order valence-corrected chi connectivity index (χ0v) is 19.8. The number of benzene rings is 4. The zero-order valence-electron chi connectivity index (χ0n) is 19.1. The maximum absolute atomic E-state index is 14.1. The lowest BCUT2D eigenvalue weighted by Gasteiger charge is -2.11. The van der Waals surface area contributed by atoms with E-state index in [2.05, 4.69) is 29.6 Å². The number of allylic oxidation sites excluding steroid dienone is 1. The van der Waals surface area contributed by atoms with Crippen LogP contribution in [-0.4, -0.2) is 13.0 Å². The van der Waals surface area contributed by atoms with Crippen LogP contribution in [0.1, 0.15) is 12.5 Å². The first kappa shape index (κ1) is 22.7. The molecule has 0 unspecified atom stereocenters. The van der Waals surface area contributed by atoms with Crippen molar-refractivity contribution in [2.24, 2.45) is 0 Å². The molecule has 1 heterocycles. The Hall–Kier alpha value is -4.09. The van der Waals surface area contributed by atoms with Crippen molar-refractivity contribution < 1.29 is 18.3 Å². The van der Waals surface area contributed by atoms with Crippen LogP contribution in [0.2, 0.25) is 5.02 Å². The molecule has 5 aromatic rings. The first-order chi connectivity index (χ1) is 16.9. The van der Waals surface area contributed by atoms with E-state index in [0.717, 1.165) is 38.9 Å². The molecule has 0 aliphatic carbocycles. The fourth-order valence-corrected chi connectivity index (χ4v) is 4.39. The highest BCUT2D eigenvalue weighted by molar-refractivity contribution is 6.30. The van der Waals surface area contributed by atoms with Crippen molar-refractivity contribution >= 4 is 50.5 Å². The Balaban J connectivity index is 1.56. The first-order valence-electron chi connectivity index (χ1n) is 11.0. The molecule has 1 aromatic heterocycles. The van der Waals surface area contributed by atoms with Gasteiger partial charge in [-0.05, 0) is 53.1 Å². The van der Waals surface area contributed by atoms with Crippen molar-refractivity contribution in [3.05, 3.63) is 102 Å². The second-order valence-electron chi connectivity index (χ2n) is 8.17. The van der Waals surface area contributed by atoms with Crippen molar-refractivity contribution in [3.8, 4) is 16.9 Å². The molecule has 0 saturated heterocycles. The number of hydrogen-bond donors (Lipinski definition) is 1. The Morgan fingerprint density at radius 3 is 2.60 bits per heavy atom. The molecule has 4 aromatic carbocycles. The molecule has 1 N–H and O–H groups in total. The van der Waals surface area contributed by atoms with Gasteiger partial charge >= 0.3 is 0 Å². The molecular weight excluding hydrogens is 465 g/mol. The van der Waals surface area contributed by atoms with E-state index in [9.17, 15) is 9.18 Å². The zero-order chi connectivity index (χ0) is 24.5. The minimum absolute atomic E-state index is 0.0546. The smallest absolute Gasteiger partial charge is 0.248 e. The third-order valence-corrected chi connectivity index (χ3v) is 6.17. The first-order valence-corrected chi connectivity index (χ1v) is 11.3. The van der Waals surface area contributed by atoms with E-state index in [-0.39, 0.29) is 10.7 Å². The minimum Gasteiger partial charge on any atom is -0.496 e. The molecule has 0 fully saturated rings. The second-order valence-corrected chi connectivity index (χ2v) is 8.60. The van der Waals surface area contributed by atoms with Gasteiger partial charge in [-0.25, -0.2) is 4.39 Å². The van der Waals surface area contributed by atoms with Gasteiger partial charge in [0.2, 0.25) is 5.91 Å². The van der Waals surface area contributed by atoms with Crippen LogP contribution in [0, 0.1) is 5.82 Å². The van der Waals surface area contributed by atoms with Gasteiger partial charge in [0.25, 0.3) is 0 Å². The number of nitrogens with one attached hydrogen (secondary N) is 1. The van der Waals surface area contributed by atoms with E-state index in [1.165, 1.54) is 18.2 Å². The number of carbonyl (C=O) groups excluding carboxylic acids is 1. The number of amides is 1. The highest BCUT2D eigenvalue weighted by Crippen LogP contribution is 2.39. The Kier molecular flexibility index (Phi) is 6.01. The molecule has 0 atom stereocenters. The van der Waals surface area contributed by atoms with Crippen LogP contribution >= 0.6 is 11.6 Å². The number of carbonyl (C=O) groups is 1. The lowest BCUT2D eigenvalue weighted by Crippen LogP contribution is -2.10. The van der Waals surface area contributed by atoms with Crippen molar-refractivity contribution in [1.29, 1.82) is 0 Å². The normalized spacial score (nSPS) is 11.7. The average molecular weight is 486 g/mol. The number of ether oxygens (including phenoxy) is 1. The molecule has 0 radical (unpaired) electrons. The van der Waals surface area contributed by atoms with Gasteiger partial charge in [0.15, 0.2) is 0 Å². The molecule has 0 aliphatic rings. The molecule has 0 saturated carbocycles. The average Bonchev–Trinajstić information content (AvgIpc) is 3.27. The van der Waals surface area contributed by atoms with Crippen LogP contribution in [0.25, 0.3) is 38.4 Å². The van der Waals surface area contributed by atoms with E-state index in [4.69, 9.17) is 20.8 Å². The molecule has 174 valence electrons. The van der Waals surface area contributed by atoms with E-state index in [1.807, 2.05) is 30.3 Å². The number of rotatable bonds is 5. The molecular formula is C29H21ClFNO3. The number of anilines is 1. The molecule has 35 heavy (non-hydrogen) atoms. The second kappa shape index (κ2) is 9.28. The van der Waals surface area contributed by atoms with Gasteiger partial charge in [-0.2, -0.15) is 0 Å². The number of halogens is 2. The lowest BCUT2D eigenvalue weighted by molar-refractivity contribution is -0.111. The van der Waals surface area contributed by atoms with Crippen LogP contribution in [0.15, 0.2) is 89.6 Å². The summed E-state index contributed by atoms with van der Waals surface area (Å²) >= 11 is 5.79. The Bertz CT molecular complexity index is 1610. The maximum atomic E-state index is 14.1. The summed E-state index contributed by atoms with van der Waals surface area (Å²) in [6, 6.07) is 22.2. The number of methoxy groups -OCH3 is 1. The third-order valence-electron chi connectivity index (χ3n) is 5.94. The van der Waals surface area contributed by atoms with Gasteiger partial charge in [0.1, 0.15) is 17.1 Å². The predicted molar refractivity (Wildman–Crippen MR) is 139 cm³/mol.